The number of rotatable bonds is 45. The van der Waals surface area contributed by atoms with E-state index < -0.39 is 18.2 Å². The third-order valence-electron chi connectivity index (χ3n) is 11.3. The molecule has 3 atom stereocenters. The molecule has 0 aliphatic rings. The number of esters is 1. The maximum absolute atomic E-state index is 13.1. The molecule has 3 unspecified atom stereocenters. The number of hydrogen-bond acceptors (Lipinski definition) is 5. The number of ether oxygens (including phenoxy) is 1. The van der Waals surface area contributed by atoms with Crippen LogP contribution < -0.4 is 5.32 Å². The van der Waals surface area contributed by atoms with Gasteiger partial charge in [-0.1, -0.05) is 216 Å². The molecule has 60 heavy (non-hydrogen) atoms. The molecule has 0 aromatic heterocycles. The fraction of sp³-hybridized carbons (Fsp3) is 0.778. The van der Waals surface area contributed by atoms with Gasteiger partial charge >= 0.3 is 5.97 Å². The van der Waals surface area contributed by atoms with Crippen LogP contribution in [0.1, 0.15) is 245 Å². The minimum Gasteiger partial charge on any atom is -0.461 e. The van der Waals surface area contributed by atoms with Crippen molar-refractivity contribution in [1.29, 1.82) is 0 Å². The normalized spacial score (nSPS) is 13.8. The standard InChI is InChI=1S/C54H97NO5/c1-4-7-10-13-16-19-21-23-25-26-28-30-32-35-38-41-44-47-54(59)60-50(45-42-39-36-34-31-29-27-24-22-20-17-14-11-8-5-2)48-53(58)55-51(49-56)52(57)46-43-40-37-33-18-15-12-9-6-3/h17,20,23-25,27,31,34,39,42,50-52,56-57H,4-16,18-19,21-22,26,28-30,32-33,35-38,40-41,43-49H2,1-3H3,(H,55,58)/b20-17-,25-23+,27-24-,34-31-,42-39-. The highest BCUT2D eigenvalue weighted by atomic mass is 16.5. The van der Waals surface area contributed by atoms with E-state index in [2.05, 4.69) is 80.8 Å². The van der Waals surface area contributed by atoms with Crippen LogP contribution in [0.4, 0.5) is 0 Å². The van der Waals surface area contributed by atoms with Crippen molar-refractivity contribution in [2.75, 3.05) is 6.61 Å². The molecular weight excluding hydrogens is 743 g/mol. The van der Waals surface area contributed by atoms with Gasteiger partial charge < -0.3 is 20.3 Å². The van der Waals surface area contributed by atoms with E-state index >= 15 is 0 Å². The van der Waals surface area contributed by atoms with Gasteiger partial charge in [-0.15, -0.1) is 0 Å². The summed E-state index contributed by atoms with van der Waals surface area (Å²) >= 11 is 0. The van der Waals surface area contributed by atoms with Gasteiger partial charge in [-0.25, -0.2) is 0 Å². The van der Waals surface area contributed by atoms with Crippen molar-refractivity contribution in [3.05, 3.63) is 60.8 Å². The average Bonchev–Trinajstić information content (AvgIpc) is 3.24. The topological polar surface area (TPSA) is 95.9 Å². The van der Waals surface area contributed by atoms with Crippen LogP contribution in [0.5, 0.6) is 0 Å². The number of amides is 1. The summed E-state index contributed by atoms with van der Waals surface area (Å²) in [6.45, 7) is 6.40. The lowest BCUT2D eigenvalue weighted by atomic mass is 10.0. The van der Waals surface area contributed by atoms with E-state index in [0.29, 0.717) is 19.3 Å². The minimum atomic E-state index is -0.811. The van der Waals surface area contributed by atoms with Gasteiger partial charge in [0, 0.05) is 12.8 Å². The third-order valence-corrected chi connectivity index (χ3v) is 11.3. The maximum Gasteiger partial charge on any atom is 0.306 e. The molecule has 1 amide bonds. The van der Waals surface area contributed by atoms with E-state index in [0.717, 1.165) is 57.8 Å². The second kappa shape index (κ2) is 47.6. The molecule has 348 valence electrons. The molecule has 0 aliphatic heterocycles. The molecule has 6 nitrogen and oxygen atoms in total. The van der Waals surface area contributed by atoms with Gasteiger partial charge in [-0.2, -0.15) is 0 Å². The monoisotopic (exact) mass is 840 g/mol. The van der Waals surface area contributed by atoms with E-state index in [1.165, 1.54) is 141 Å². The van der Waals surface area contributed by atoms with Crippen LogP contribution >= 0.6 is 0 Å². The predicted molar refractivity (Wildman–Crippen MR) is 259 cm³/mol. The van der Waals surface area contributed by atoms with Crippen LogP contribution in [0.3, 0.4) is 0 Å². The number of aliphatic hydroxyl groups is 2. The van der Waals surface area contributed by atoms with Crippen LogP contribution in [0.25, 0.3) is 0 Å². The Morgan fingerprint density at radius 3 is 1.38 bits per heavy atom. The highest BCUT2D eigenvalue weighted by Gasteiger charge is 2.23. The third kappa shape index (κ3) is 42.3. The fourth-order valence-electron chi connectivity index (χ4n) is 7.40. The second-order valence-corrected chi connectivity index (χ2v) is 17.2. The van der Waals surface area contributed by atoms with E-state index in [1.54, 1.807) is 0 Å². The summed E-state index contributed by atoms with van der Waals surface area (Å²) in [6, 6.07) is -0.731. The molecule has 0 heterocycles. The molecule has 3 N–H and O–H groups in total. The smallest absolute Gasteiger partial charge is 0.306 e. The summed E-state index contributed by atoms with van der Waals surface area (Å²) in [7, 11) is 0. The van der Waals surface area contributed by atoms with Gasteiger partial charge in [-0.05, 0) is 70.6 Å². The number of allylic oxidation sites excluding steroid dienone is 9. The number of carbonyl (C=O) groups is 2. The van der Waals surface area contributed by atoms with Crippen molar-refractivity contribution >= 4 is 11.9 Å². The molecule has 0 saturated carbocycles. The van der Waals surface area contributed by atoms with Crippen LogP contribution in [0.2, 0.25) is 0 Å². The Bertz CT molecular complexity index is 1080. The summed E-state index contributed by atoms with van der Waals surface area (Å²) < 4.78 is 5.86. The zero-order valence-electron chi connectivity index (χ0n) is 39.6. The van der Waals surface area contributed by atoms with E-state index in [4.69, 9.17) is 4.74 Å². The first kappa shape index (κ1) is 57.6. The Morgan fingerprint density at radius 1 is 0.500 bits per heavy atom. The lowest BCUT2D eigenvalue weighted by Gasteiger charge is -2.24. The molecule has 0 radical (unpaired) electrons. The number of nitrogens with one attached hydrogen (secondary N) is 1. The number of hydrogen-bond donors (Lipinski definition) is 3. The Kier molecular flexibility index (Phi) is 45.7. The van der Waals surface area contributed by atoms with Crippen LogP contribution in [-0.4, -0.2) is 46.9 Å². The second-order valence-electron chi connectivity index (χ2n) is 17.2. The molecule has 0 bridgehead atoms. The molecule has 6 heteroatoms. The zero-order valence-corrected chi connectivity index (χ0v) is 39.6. The lowest BCUT2D eigenvalue weighted by Crippen LogP contribution is -2.46. The van der Waals surface area contributed by atoms with Gasteiger partial charge in [0.15, 0.2) is 0 Å². The van der Waals surface area contributed by atoms with Gasteiger partial charge in [0.05, 0.1) is 25.2 Å². The molecular formula is C54H97NO5. The highest BCUT2D eigenvalue weighted by molar-refractivity contribution is 5.77. The van der Waals surface area contributed by atoms with Crippen LogP contribution in [0.15, 0.2) is 60.8 Å². The quantitative estimate of drug-likeness (QED) is 0.0322. The van der Waals surface area contributed by atoms with Crippen molar-refractivity contribution in [2.45, 2.75) is 264 Å². The van der Waals surface area contributed by atoms with Gasteiger partial charge in [-0.3, -0.25) is 9.59 Å². The van der Waals surface area contributed by atoms with E-state index in [1.807, 2.05) is 6.08 Å². The number of unbranched alkanes of at least 4 members (excludes halogenated alkanes) is 24. The van der Waals surface area contributed by atoms with Gasteiger partial charge in [0.25, 0.3) is 0 Å². The summed E-state index contributed by atoms with van der Waals surface area (Å²) in [6.07, 6.45) is 58.7. The Balaban J connectivity index is 4.69. The lowest BCUT2D eigenvalue weighted by molar-refractivity contribution is -0.150. The van der Waals surface area contributed by atoms with Gasteiger partial charge in [0.1, 0.15) is 6.10 Å². The van der Waals surface area contributed by atoms with Crippen molar-refractivity contribution in [3.8, 4) is 0 Å². The fourth-order valence-corrected chi connectivity index (χ4v) is 7.40. The summed E-state index contributed by atoms with van der Waals surface area (Å²) in [5, 5.41) is 23.6. The van der Waals surface area contributed by atoms with Crippen molar-refractivity contribution in [3.63, 3.8) is 0 Å². The Hall–Kier alpha value is -2.44. The van der Waals surface area contributed by atoms with Crippen molar-refractivity contribution in [2.24, 2.45) is 0 Å². The van der Waals surface area contributed by atoms with Crippen LogP contribution in [0, 0.1) is 0 Å². The molecule has 0 saturated heterocycles. The first-order chi connectivity index (χ1) is 29.5. The number of aliphatic hydroxyl groups excluding tert-OH is 2. The SMILES string of the molecule is CCCCC/C=C\C/C=C\C/C=C\C/C=C\CC(CC(=O)NC(CO)C(O)CCCCCCCCCCC)OC(=O)CCCCCCCCC/C=C/CCCCCCCC. The summed E-state index contributed by atoms with van der Waals surface area (Å²) in [4.78, 5) is 26.1. The average molecular weight is 840 g/mol. The molecule has 0 rings (SSSR count). The highest BCUT2D eigenvalue weighted by Crippen LogP contribution is 2.16. The van der Waals surface area contributed by atoms with Crippen LogP contribution in [-0.2, 0) is 14.3 Å². The molecule has 0 fully saturated rings. The van der Waals surface area contributed by atoms with E-state index in [-0.39, 0.29) is 24.9 Å². The first-order valence-corrected chi connectivity index (χ1v) is 25.5. The van der Waals surface area contributed by atoms with Gasteiger partial charge in [0.2, 0.25) is 5.91 Å². The molecule has 0 aliphatic carbocycles. The molecule has 0 spiro atoms. The minimum absolute atomic E-state index is 0.000743. The summed E-state index contributed by atoms with van der Waals surface area (Å²) in [5.74, 6) is -0.581. The molecule has 0 aromatic rings. The largest absolute Gasteiger partial charge is 0.461 e. The van der Waals surface area contributed by atoms with E-state index in [9.17, 15) is 19.8 Å². The zero-order chi connectivity index (χ0) is 43.8. The Labute approximate surface area is 371 Å². The predicted octanol–water partition coefficient (Wildman–Crippen LogP) is 15.2. The maximum atomic E-state index is 13.1. The van der Waals surface area contributed by atoms with Crippen molar-refractivity contribution in [1.82, 2.24) is 5.32 Å². The Morgan fingerprint density at radius 2 is 0.883 bits per heavy atom. The summed E-state index contributed by atoms with van der Waals surface area (Å²) in [5.41, 5.74) is 0. The van der Waals surface area contributed by atoms with Crippen molar-refractivity contribution < 1.29 is 24.5 Å². The molecule has 0 aromatic carbocycles. The number of carbonyl (C=O) groups excluding carboxylic acids is 2. The first-order valence-electron chi connectivity index (χ1n) is 25.5.